The van der Waals surface area contributed by atoms with Crippen LogP contribution in [0.15, 0.2) is 40.9 Å². The molecule has 0 N–H and O–H groups in total. The number of aromatic nitrogens is 1. The average molecular weight is 371 g/mol. The van der Waals surface area contributed by atoms with Crippen LogP contribution in [0.3, 0.4) is 0 Å². The van der Waals surface area contributed by atoms with Crippen molar-refractivity contribution in [1.82, 2.24) is 15.0 Å². The molecule has 1 aliphatic rings. The number of carbonyl (C=O) groups excluding carboxylic acids is 1. The van der Waals surface area contributed by atoms with Crippen molar-refractivity contribution < 1.29 is 14.1 Å². The van der Waals surface area contributed by atoms with Crippen LogP contribution in [-0.2, 0) is 17.8 Å². The monoisotopic (exact) mass is 371 g/mol. The van der Waals surface area contributed by atoms with E-state index in [9.17, 15) is 4.79 Å². The molecular formula is C21H29N3O3. The largest absolute Gasteiger partial charge is 0.379 e. The smallest absolute Gasteiger partial charge is 0.276 e. The number of hydrogen-bond donors (Lipinski definition) is 0. The van der Waals surface area contributed by atoms with Gasteiger partial charge < -0.3 is 14.2 Å². The van der Waals surface area contributed by atoms with Gasteiger partial charge in [-0.15, -0.1) is 0 Å². The third kappa shape index (κ3) is 5.17. The fraction of sp³-hybridized carbons (Fsp3) is 0.524. The molecule has 1 fully saturated rings. The van der Waals surface area contributed by atoms with Crippen LogP contribution >= 0.6 is 0 Å². The molecule has 6 nitrogen and oxygen atoms in total. The lowest BCUT2D eigenvalue weighted by atomic mass is 10.0. The summed E-state index contributed by atoms with van der Waals surface area (Å²) in [6, 6.07) is 11.9. The Kier molecular flexibility index (Phi) is 6.63. The lowest BCUT2D eigenvalue weighted by Crippen LogP contribution is -2.41. The Bertz CT molecular complexity index is 723. The van der Waals surface area contributed by atoms with Crippen LogP contribution in [0, 0.1) is 5.92 Å². The normalized spacial score (nSPS) is 16.4. The van der Waals surface area contributed by atoms with E-state index in [2.05, 4.69) is 30.8 Å². The maximum Gasteiger partial charge on any atom is 0.276 e. The van der Waals surface area contributed by atoms with E-state index in [1.54, 1.807) is 6.07 Å². The molecule has 146 valence electrons. The second kappa shape index (κ2) is 9.15. The molecule has 2 aromatic rings. The van der Waals surface area contributed by atoms with E-state index in [4.69, 9.17) is 9.26 Å². The van der Waals surface area contributed by atoms with Crippen LogP contribution in [0.1, 0.15) is 42.6 Å². The quantitative estimate of drug-likeness (QED) is 0.748. The summed E-state index contributed by atoms with van der Waals surface area (Å²) in [5.74, 6) is 0.978. The number of hydrogen-bond acceptors (Lipinski definition) is 5. The zero-order chi connectivity index (χ0) is 19.2. The lowest BCUT2D eigenvalue weighted by Gasteiger charge is -2.31. The molecule has 0 radical (unpaired) electrons. The molecule has 1 aliphatic heterocycles. The second-order valence-corrected chi connectivity index (χ2v) is 7.47. The van der Waals surface area contributed by atoms with Crippen molar-refractivity contribution in [2.24, 2.45) is 5.92 Å². The molecule has 0 saturated carbocycles. The Balaban J connectivity index is 1.73. The van der Waals surface area contributed by atoms with Crippen LogP contribution in [0.4, 0.5) is 0 Å². The van der Waals surface area contributed by atoms with Crippen LogP contribution in [0.2, 0.25) is 0 Å². The zero-order valence-corrected chi connectivity index (χ0v) is 16.4. The number of amides is 1. The van der Waals surface area contributed by atoms with Gasteiger partial charge in [0, 0.05) is 31.7 Å². The van der Waals surface area contributed by atoms with E-state index in [1.165, 1.54) is 0 Å². The predicted molar refractivity (Wildman–Crippen MR) is 103 cm³/mol. The highest BCUT2D eigenvalue weighted by Crippen LogP contribution is 2.19. The van der Waals surface area contributed by atoms with Crippen LogP contribution in [0.25, 0.3) is 0 Å². The van der Waals surface area contributed by atoms with Gasteiger partial charge in [0.15, 0.2) is 11.5 Å². The van der Waals surface area contributed by atoms with E-state index in [-0.39, 0.29) is 11.9 Å². The molecule has 1 saturated heterocycles. The van der Waals surface area contributed by atoms with Crippen LogP contribution < -0.4 is 0 Å². The van der Waals surface area contributed by atoms with Gasteiger partial charge in [0.2, 0.25) is 0 Å². The molecule has 1 atom stereocenters. The Morgan fingerprint density at radius 2 is 1.89 bits per heavy atom. The van der Waals surface area contributed by atoms with Crippen molar-refractivity contribution in [3.05, 3.63) is 53.4 Å². The Morgan fingerprint density at radius 1 is 1.19 bits per heavy atom. The maximum absolute atomic E-state index is 13.2. The fourth-order valence-electron chi connectivity index (χ4n) is 3.16. The summed E-state index contributed by atoms with van der Waals surface area (Å²) in [7, 11) is 0. The molecule has 0 unspecified atom stereocenters. The van der Waals surface area contributed by atoms with Gasteiger partial charge in [0.1, 0.15) is 0 Å². The SMILES string of the molecule is CC(C)[C@H](C)N(Cc1ccccc1)C(=O)c1cc(CN2CCOCC2)on1. The summed E-state index contributed by atoms with van der Waals surface area (Å²) >= 11 is 0. The van der Waals surface area contributed by atoms with Gasteiger partial charge in [-0.3, -0.25) is 9.69 Å². The molecule has 2 heterocycles. The van der Waals surface area contributed by atoms with Crippen LogP contribution in [-0.4, -0.2) is 53.2 Å². The van der Waals surface area contributed by atoms with Crippen molar-refractivity contribution in [3.63, 3.8) is 0 Å². The standard InChI is InChI=1S/C21H29N3O3/c1-16(2)17(3)24(14-18-7-5-4-6-8-18)21(25)20-13-19(27-22-20)15-23-9-11-26-12-10-23/h4-8,13,16-17H,9-12,14-15H2,1-3H3/t17-/m0/s1. The van der Waals surface area contributed by atoms with Crippen molar-refractivity contribution >= 4 is 5.91 Å². The molecule has 27 heavy (non-hydrogen) atoms. The molecule has 0 spiro atoms. The summed E-state index contributed by atoms with van der Waals surface area (Å²) in [6.07, 6.45) is 0. The predicted octanol–water partition coefficient (Wildman–Crippen LogP) is 3.19. The summed E-state index contributed by atoms with van der Waals surface area (Å²) in [4.78, 5) is 17.3. The molecule has 1 aromatic carbocycles. The number of carbonyl (C=O) groups is 1. The van der Waals surface area contributed by atoms with Gasteiger partial charge in [-0.25, -0.2) is 0 Å². The van der Waals surface area contributed by atoms with E-state index in [1.807, 2.05) is 35.2 Å². The van der Waals surface area contributed by atoms with E-state index < -0.39 is 0 Å². The maximum atomic E-state index is 13.2. The van der Waals surface area contributed by atoms with Gasteiger partial charge >= 0.3 is 0 Å². The number of rotatable bonds is 7. The first-order valence-corrected chi connectivity index (χ1v) is 9.65. The average Bonchev–Trinajstić information content (AvgIpc) is 3.15. The van der Waals surface area contributed by atoms with Gasteiger partial charge in [0.25, 0.3) is 5.91 Å². The Morgan fingerprint density at radius 3 is 2.56 bits per heavy atom. The van der Waals surface area contributed by atoms with E-state index in [0.29, 0.717) is 24.7 Å². The van der Waals surface area contributed by atoms with Gasteiger partial charge in [-0.05, 0) is 18.4 Å². The number of benzene rings is 1. The third-order valence-corrected chi connectivity index (χ3v) is 5.17. The molecule has 3 rings (SSSR count). The summed E-state index contributed by atoms with van der Waals surface area (Å²) in [5, 5.41) is 4.06. The summed E-state index contributed by atoms with van der Waals surface area (Å²) < 4.78 is 10.8. The van der Waals surface area contributed by atoms with Gasteiger partial charge in [-0.2, -0.15) is 0 Å². The topological polar surface area (TPSA) is 58.8 Å². The Labute approximate surface area is 161 Å². The number of morpholine rings is 1. The highest BCUT2D eigenvalue weighted by molar-refractivity contribution is 5.92. The minimum atomic E-state index is -0.0861. The molecule has 1 amide bonds. The highest BCUT2D eigenvalue weighted by atomic mass is 16.5. The van der Waals surface area contributed by atoms with Crippen molar-refractivity contribution in [2.45, 2.75) is 39.9 Å². The summed E-state index contributed by atoms with van der Waals surface area (Å²) in [5.41, 5.74) is 1.48. The van der Waals surface area contributed by atoms with E-state index >= 15 is 0 Å². The molecule has 6 heteroatoms. The van der Waals surface area contributed by atoms with E-state index in [0.717, 1.165) is 37.6 Å². The number of ether oxygens (including phenoxy) is 1. The first-order chi connectivity index (χ1) is 13.0. The molecule has 0 aliphatic carbocycles. The van der Waals surface area contributed by atoms with Crippen molar-refractivity contribution in [2.75, 3.05) is 26.3 Å². The minimum Gasteiger partial charge on any atom is -0.379 e. The van der Waals surface area contributed by atoms with Crippen molar-refractivity contribution in [3.8, 4) is 0 Å². The summed E-state index contributed by atoms with van der Waals surface area (Å²) in [6.45, 7) is 10.8. The number of nitrogens with zero attached hydrogens (tertiary/aromatic N) is 3. The minimum absolute atomic E-state index is 0.0861. The third-order valence-electron chi connectivity index (χ3n) is 5.17. The van der Waals surface area contributed by atoms with Crippen LogP contribution in [0.5, 0.6) is 0 Å². The fourth-order valence-corrected chi connectivity index (χ4v) is 3.16. The first-order valence-electron chi connectivity index (χ1n) is 9.65. The molecule has 0 bridgehead atoms. The molecular weight excluding hydrogens is 342 g/mol. The molecule has 1 aromatic heterocycles. The second-order valence-electron chi connectivity index (χ2n) is 7.47. The first kappa shape index (κ1) is 19.6. The lowest BCUT2D eigenvalue weighted by molar-refractivity contribution is 0.0305. The highest BCUT2D eigenvalue weighted by Gasteiger charge is 2.27. The zero-order valence-electron chi connectivity index (χ0n) is 16.4. The van der Waals surface area contributed by atoms with Gasteiger partial charge in [-0.1, -0.05) is 49.3 Å². The van der Waals surface area contributed by atoms with Gasteiger partial charge in [0.05, 0.1) is 19.8 Å². The Hall–Kier alpha value is -2.18. The van der Waals surface area contributed by atoms with Crippen molar-refractivity contribution in [1.29, 1.82) is 0 Å².